The lowest BCUT2D eigenvalue weighted by Gasteiger charge is -2.26. The van der Waals surface area contributed by atoms with E-state index in [0.29, 0.717) is 24.2 Å². The molecule has 0 aliphatic carbocycles. The van der Waals surface area contributed by atoms with Gasteiger partial charge in [-0.15, -0.1) is 0 Å². The van der Waals surface area contributed by atoms with Crippen LogP contribution in [0.5, 0.6) is 17.2 Å². The molecule has 0 radical (unpaired) electrons. The predicted molar refractivity (Wildman–Crippen MR) is 93.9 cm³/mol. The molecule has 3 nitrogen and oxygen atoms in total. The summed E-state index contributed by atoms with van der Waals surface area (Å²) in [6.45, 7) is 4.14. The summed E-state index contributed by atoms with van der Waals surface area (Å²) in [5.74, 6) is -2.61. The molecule has 4 rings (SSSR count). The van der Waals surface area contributed by atoms with Crippen molar-refractivity contribution in [2.24, 2.45) is 0 Å². The van der Waals surface area contributed by atoms with E-state index in [2.05, 4.69) is 0 Å². The zero-order valence-electron chi connectivity index (χ0n) is 15.1. The van der Waals surface area contributed by atoms with E-state index in [4.69, 9.17) is 14.2 Å². The Hall–Kier alpha value is -2.63. The highest BCUT2D eigenvalue weighted by Crippen LogP contribution is 2.44. The number of rotatable bonds is 3. The van der Waals surface area contributed by atoms with Crippen LogP contribution in [-0.2, 0) is 11.2 Å². The van der Waals surface area contributed by atoms with E-state index in [1.165, 1.54) is 6.07 Å². The average Bonchev–Trinajstić information content (AvgIpc) is 2.67. The molecule has 0 saturated heterocycles. The topological polar surface area (TPSA) is 27.7 Å². The maximum absolute atomic E-state index is 14.7. The Morgan fingerprint density at radius 1 is 1.07 bits per heavy atom. The molecule has 6 heteroatoms. The fraction of sp³-hybridized carbons (Fsp3) is 0.333. The summed E-state index contributed by atoms with van der Waals surface area (Å²) < 4.78 is 60.2. The van der Waals surface area contributed by atoms with Crippen LogP contribution in [0.15, 0.2) is 30.0 Å². The van der Waals surface area contributed by atoms with Crippen molar-refractivity contribution < 1.29 is 27.4 Å². The minimum atomic E-state index is -1.10. The first-order chi connectivity index (χ1) is 13.0. The molecule has 0 fully saturated rings. The van der Waals surface area contributed by atoms with Crippen LogP contribution in [0.2, 0.25) is 0 Å². The van der Waals surface area contributed by atoms with Crippen molar-refractivity contribution in [2.75, 3.05) is 13.2 Å². The average molecular weight is 376 g/mol. The van der Waals surface area contributed by atoms with Crippen LogP contribution in [0.1, 0.15) is 42.9 Å². The van der Waals surface area contributed by atoms with E-state index >= 15 is 0 Å². The fourth-order valence-corrected chi connectivity index (χ4v) is 3.51. The lowest BCUT2D eigenvalue weighted by Crippen LogP contribution is -2.16. The molecule has 0 aromatic heterocycles. The zero-order chi connectivity index (χ0) is 19.1. The molecule has 2 aliphatic heterocycles. The van der Waals surface area contributed by atoms with Crippen molar-refractivity contribution in [3.05, 3.63) is 64.2 Å². The van der Waals surface area contributed by atoms with E-state index in [9.17, 15) is 13.2 Å². The maximum Gasteiger partial charge on any atom is 0.207 e. The van der Waals surface area contributed by atoms with Gasteiger partial charge in [-0.05, 0) is 44.0 Å². The normalized spacial score (nSPS) is 18.0. The molecule has 0 amide bonds. The Kier molecular flexibility index (Phi) is 4.50. The monoisotopic (exact) mass is 376 g/mol. The fourth-order valence-electron chi connectivity index (χ4n) is 3.51. The molecule has 0 saturated carbocycles. The van der Waals surface area contributed by atoms with E-state index in [1.807, 2.05) is 13.0 Å². The smallest absolute Gasteiger partial charge is 0.207 e. The van der Waals surface area contributed by atoms with E-state index in [1.54, 1.807) is 19.1 Å². The van der Waals surface area contributed by atoms with Gasteiger partial charge in [0.2, 0.25) is 11.6 Å². The van der Waals surface area contributed by atoms with Gasteiger partial charge in [0.15, 0.2) is 23.1 Å². The number of fused-ring (bicyclic) bond motifs is 2. The largest absolute Gasteiger partial charge is 0.498 e. The molecule has 2 aromatic carbocycles. The Balaban J connectivity index is 1.74. The first-order valence-electron chi connectivity index (χ1n) is 8.92. The molecule has 1 unspecified atom stereocenters. The molecular weight excluding hydrogens is 357 g/mol. The molecular formula is C21H19F3O3. The summed E-state index contributed by atoms with van der Waals surface area (Å²) in [5.41, 5.74) is 1.32. The zero-order valence-corrected chi connectivity index (χ0v) is 15.1. The molecule has 0 spiro atoms. The molecule has 2 aliphatic rings. The maximum atomic E-state index is 14.7. The van der Waals surface area contributed by atoms with Crippen LogP contribution >= 0.6 is 0 Å². The molecule has 2 aromatic rings. The van der Waals surface area contributed by atoms with Gasteiger partial charge in [-0.25, -0.2) is 4.39 Å². The summed E-state index contributed by atoms with van der Waals surface area (Å²) in [4.78, 5) is 0. The van der Waals surface area contributed by atoms with Crippen molar-refractivity contribution in [1.82, 2.24) is 0 Å². The Labute approximate surface area is 155 Å². The van der Waals surface area contributed by atoms with Crippen molar-refractivity contribution in [3.8, 4) is 17.2 Å². The Morgan fingerprint density at radius 2 is 1.85 bits per heavy atom. The van der Waals surface area contributed by atoms with Crippen molar-refractivity contribution >= 4 is 0 Å². The van der Waals surface area contributed by atoms with Crippen LogP contribution in [0.4, 0.5) is 13.2 Å². The quantitative estimate of drug-likeness (QED) is 0.595. The van der Waals surface area contributed by atoms with Crippen molar-refractivity contribution in [3.63, 3.8) is 0 Å². The molecule has 0 N–H and O–H groups in total. The first kappa shape index (κ1) is 17.8. The van der Waals surface area contributed by atoms with Gasteiger partial charge in [0, 0.05) is 23.5 Å². The minimum Gasteiger partial charge on any atom is -0.498 e. The third kappa shape index (κ3) is 3.03. The van der Waals surface area contributed by atoms with Crippen LogP contribution in [0.3, 0.4) is 0 Å². The highest BCUT2D eigenvalue weighted by Gasteiger charge is 2.31. The van der Waals surface area contributed by atoms with Crippen LogP contribution in [0, 0.1) is 17.5 Å². The van der Waals surface area contributed by atoms with Crippen molar-refractivity contribution in [1.29, 1.82) is 0 Å². The lowest BCUT2D eigenvalue weighted by molar-refractivity contribution is 0.175. The molecule has 142 valence electrons. The van der Waals surface area contributed by atoms with Gasteiger partial charge in [0.1, 0.15) is 0 Å². The van der Waals surface area contributed by atoms with Gasteiger partial charge in [-0.1, -0.05) is 6.07 Å². The second-order valence-electron chi connectivity index (χ2n) is 6.72. The van der Waals surface area contributed by atoms with Gasteiger partial charge in [0.25, 0.3) is 0 Å². The first-order valence-corrected chi connectivity index (χ1v) is 8.92. The van der Waals surface area contributed by atoms with Gasteiger partial charge < -0.3 is 14.2 Å². The van der Waals surface area contributed by atoms with Crippen LogP contribution in [0.25, 0.3) is 0 Å². The van der Waals surface area contributed by atoms with Gasteiger partial charge in [-0.2, -0.15) is 8.78 Å². The van der Waals surface area contributed by atoms with E-state index < -0.39 is 17.5 Å². The minimum absolute atomic E-state index is 0.0266. The standard InChI is InChI=1S/C21H19F3O3/c1-3-25-16-7-6-12-8-14-9-15(13-5-4-11(2)26-10-13)17(22)19(24)21(14)27-20(12)18(16)23/h4,6-7,9,13H,3,5,8,10H2,1-2H3. The van der Waals surface area contributed by atoms with Crippen molar-refractivity contribution in [2.45, 2.75) is 32.6 Å². The number of halogens is 3. The van der Waals surface area contributed by atoms with E-state index in [-0.39, 0.29) is 41.8 Å². The second-order valence-corrected chi connectivity index (χ2v) is 6.72. The molecule has 27 heavy (non-hydrogen) atoms. The van der Waals surface area contributed by atoms with Crippen LogP contribution < -0.4 is 9.47 Å². The second kappa shape index (κ2) is 6.83. The SMILES string of the molecule is CCOc1ccc2c(c1F)Oc1c(cc(C3CC=C(C)OC3)c(F)c1F)C2. The number of hydrogen-bond acceptors (Lipinski definition) is 3. The Morgan fingerprint density at radius 3 is 2.56 bits per heavy atom. The summed E-state index contributed by atoms with van der Waals surface area (Å²) in [5, 5.41) is 0. The third-order valence-corrected chi connectivity index (χ3v) is 4.94. The summed E-state index contributed by atoms with van der Waals surface area (Å²) in [6, 6.07) is 4.81. The number of allylic oxidation sites excluding steroid dienone is 2. The van der Waals surface area contributed by atoms with Gasteiger partial charge >= 0.3 is 0 Å². The van der Waals surface area contributed by atoms with E-state index in [0.717, 1.165) is 5.76 Å². The van der Waals surface area contributed by atoms with Gasteiger partial charge in [-0.3, -0.25) is 0 Å². The number of hydrogen-bond donors (Lipinski definition) is 0. The Bertz CT molecular complexity index is 937. The predicted octanol–water partition coefficient (Wildman–Crippen LogP) is 5.61. The highest BCUT2D eigenvalue weighted by molar-refractivity contribution is 5.55. The highest BCUT2D eigenvalue weighted by atomic mass is 19.2. The molecule has 0 bridgehead atoms. The number of ether oxygens (including phenoxy) is 3. The van der Waals surface area contributed by atoms with Crippen LogP contribution in [-0.4, -0.2) is 13.2 Å². The summed E-state index contributed by atoms with van der Waals surface area (Å²) in [7, 11) is 0. The van der Waals surface area contributed by atoms with Gasteiger partial charge in [0.05, 0.1) is 19.0 Å². The number of benzene rings is 2. The lowest BCUT2D eigenvalue weighted by atomic mass is 9.90. The third-order valence-electron chi connectivity index (χ3n) is 4.94. The molecule has 2 heterocycles. The summed E-state index contributed by atoms with van der Waals surface area (Å²) in [6.07, 6.45) is 2.69. The molecule has 1 atom stereocenters. The summed E-state index contributed by atoms with van der Waals surface area (Å²) >= 11 is 0.